The van der Waals surface area contributed by atoms with E-state index < -0.39 is 0 Å². The Hall–Kier alpha value is -2.82. The van der Waals surface area contributed by atoms with Crippen molar-refractivity contribution in [2.24, 2.45) is 0 Å². The molecule has 0 unspecified atom stereocenters. The van der Waals surface area contributed by atoms with Crippen molar-refractivity contribution in [2.45, 2.75) is 27.3 Å². The molecule has 0 atom stereocenters. The minimum absolute atomic E-state index is 0.612. The van der Waals surface area contributed by atoms with Crippen molar-refractivity contribution >= 4 is 5.82 Å². The molecule has 1 aromatic carbocycles. The molecule has 0 aliphatic carbocycles. The highest BCUT2D eigenvalue weighted by molar-refractivity contribution is 5.44. The number of rotatable bonds is 5. The number of anilines is 1. The second-order valence-electron chi connectivity index (χ2n) is 5.91. The standard InChI is InChI=1S/C19H22N4O/c1-13-5-7-17(8-6-13)23-15(3)10-19(22-23)21-12-16-11-20-14(2)9-18(16)24-4/h5-11H,12H2,1-4H3,(H,21,22). The summed E-state index contributed by atoms with van der Waals surface area (Å²) in [6.45, 7) is 6.69. The first kappa shape index (κ1) is 16.1. The summed E-state index contributed by atoms with van der Waals surface area (Å²) in [4.78, 5) is 4.33. The number of ether oxygens (including phenoxy) is 1. The predicted octanol–water partition coefficient (Wildman–Crippen LogP) is 3.81. The van der Waals surface area contributed by atoms with Crippen LogP contribution in [0.1, 0.15) is 22.5 Å². The highest BCUT2D eigenvalue weighted by atomic mass is 16.5. The number of methoxy groups -OCH3 is 1. The second-order valence-corrected chi connectivity index (χ2v) is 5.91. The normalized spacial score (nSPS) is 10.7. The number of aryl methyl sites for hydroxylation is 3. The van der Waals surface area contributed by atoms with Crippen LogP contribution in [0.4, 0.5) is 5.82 Å². The third-order valence-electron chi connectivity index (χ3n) is 3.93. The Bertz CT molecular complexity index is 837. The molecule has 1 N–H and O–H groups in total. The number of nitrogens with one attached hydrogen (secondary N) is 1. The second kappa shape index (κ2) is 6.74. The van der Waals surface area contributed by atoms with Crippen molar-refractivity contribution in [1.82, 2.24) is 14.8 Å². The van der Waals surface area contributed by atoms with E-state index in [-0.39, 0.29) is 0 Å². The lowest BCUT2D eigenvalue weighted by molar-refractivity contribution is 0.409. The average Bonchev–Trinajstić information content (AvgIpc) is 2.95. The Morgan fingerprint density at radius 2 is 1.83 bits per heavy atom. The van der Waals surface area contributed by atoms with Gasteiger partial charge in [0.15, 0.2) is 0 Å². The van der Waals surface area contributed by atoms with Gasteiger partial charge in [-0.3, -0.25) is 4.98 Å². The van der Waals surface area contributed by atoms with Crippen LogP contribution in [0, 0.1) is 20.8 Å². The number of hydrogen-bond acceptors (Lipinski definition) is 4. The Balaban J connectivity index is 1.77. The maximum Gasteiger partial charge on any atom is 0.148 e. The van der Waals surface area contributed by atoms with E-state index in [1.165, 1.54) is 5.56 Å². The number of hydrogen-bond donors (Lipinski definition) is 1. The zero-order valence-corrected chi connectivity index (χ0v) is 14.5. The first-order chi connectivity index (χ1) is 11.6. The zero-order chi connectivity index (χ0) is 17.1. The Kier molecular flexibility index (Phi) is 4.51. The number of nitrogens with zero attached hydrogens (tertiary/aromatic N) is 3. The molecule has 5 nitrogen and oxygen atoms in total. The average molecular weight is 322 g/mol. The van der Waals surface area contributed by atoms with Crippen molar-refractivity contribution in [2.75, 3.05) is 12.4 Å². The van der Waals surface area contributed by atoms with E-state index in [4.69, 9.17) is 4.74 Å². The SMILES string of the molecule is COc1cc(C)ncc1CNc1cc(C)n(-c2ccc(C)cc2)n1. The van der Waals surface area contributed by atoms with E-state index in [9.17, 15) is 0 Å². The van der Waals surface area contributed by atoms with E-state index in [1.807, 2.05) is 36.9 Å². The predicted molar refractivity (Wildman–Crippen MR) is 95.9 cm³/mol. The van der Waals surface area contributed by atoms with E-state index in [0.717, 1.165) is 34.2 Å². The molecule has 0 saturated carbocycles. The molecule has 124 valence electrons. The van der Waals surface area contributed by atoms with Gasteiger partial charge in [-0.1, -0.05) is 17.7 Å². The largest absolute Gasteiger partial charge is 0.496 e. The molecule has 0 fully saturated rings. The van der Waals surface area contributed by atoms with Gasteiger partial charge in [0.2, 0.25) is 0 Å². The fraction of sp³-hybridized carbons (Fsp3) is 0.263. The van der Waals surface area contributed by atoms with Crippen molar-refractivity contribution < 1.29 is 4.74 Å². The molecule has 5 heteroatoms. The van der Waals surface area contributed by atoms with E-state index in [1.54, 1.807) is 7.11 Å². The van der Waals surface area contributed by atoms with Gasteiger partial charge in [-0.2, -0.15) is 5.10 Å². The van der Waals surface area contributed by atoms with Gasteiger partial charge in [-0.15, -0.1) is 0 Å². The van der Waals surface area contributed by atoms with Gasteiger partial charge in [-0.05, 0) is 32.9 Å². The summed E-state index contributed by atoms with van der Waals surface area (Å²) in [6.07, 6.45) is 1.84. The molecule has 0 spiro atoms. The fourth-order valence-electron chi connectivity index (χ4n) is 2.58. The maximum atomic E-state index is 5.42. The highest BCUT2D eigenvalue weighted by Crippen LogP contribution is 2.20. The van der Waals surface area contributed by atoms with Gasteiger partial charge in [0.1, 0.15) is 11.6 Å². The minimum Gasteiger partial charge on any atom is -0.496 e. The lowest BCUT2D eigenvalue weighted by atomic mass is 10.2. The van der Waals surface area contributed by atoms with Crippen molar-refractivity contribution in [3.05, 3.63) is 65.1 Å². The van der Waals surface area contributed by atoms with Crippen LogP contribution in [-0.4, -0.2) is 21.9 Å². The van der Waals surface area contributed by atoms with E-state index >= 15 is 0 Å². The van der Waals surface area contributed by atoms with Gasteiger partial charge in [0.05, 0.1) is 12.8 Å². The van der Waals surface area contributed by atoms with Crippen molar-refractivity contribution in [3.63, 3.8) is 0 Å². The fourth-order valence-corrected chi connectivity index (χ4v) is 2.58. The summed E-state index contributed by atoms with van der Waals surface area (Å²) in [7, 11) is 1.68. The van der Waals surface area contributed by atoms with Crippen LogP contribution in [-0.2, 0) is 6.54 Å². The molecule has 0 amide bonds. The van der Waals surface area contributed by atoms with Gasteiger partial charge in [0.25, 0.3) is 0 Å². The van der Waals surface area contributed by atoms with Crippen LogP contribution >= 0.6 is 0 Å². The molecule has 0 bridgehead atoms. The first-order valence-corrected chi connectivity index (χ1v) is 7.94. The lowest BCUT2D eigenvalue weighted by Gasteiger charge is -2.09. The third-order valence-corrected chi connectivity index (χ3v) is 3.93. The smallest absolute Gasteiger partial charge is 0.148 e. The Labute approximate surface area is 142 Å². The molecular weight excluding hydrogens is 300 g/mol. The van der Waals surface area contributed by atoms with Crippen LogP contribution in [0.2, 0.25) is 0 Å². The molecule has 0 aliphatic rings. The quantitative estimate of drug-likeness (QED) is 0.776. The Morgan fingerprint density at radius 3 is 2.54 bits per heavy atom. The van der Waals surface area contributed by atoms with Crippen molar-refractivity contribution in [3.8, 4) is 11.4 Å². The summed E-state index contributed by atoms with van der Waals surface area (Å²) in [5.74, 6) is 1.67. The summed E-state index contributed by atoms with van der Waals surface area (Å²) in [5.41, 5.74) is 5.32. The molecule has 0 aliphatic heterocycles. The van der Waals surface area contributed by atoms with E-state index in [0.29, 0.717) is 6.54 Å². The summed E-state index contributed by atoms with van der Waals surface area (Å²) in [6, 6.07) is 12.3. The zero-order valence-electron chi connectivity index (χ0n) is 14.5. The van der Waals surface area contributed by atoms with Crippen LogP contribution in [0.3, 0.4) is 0 Å². The topological polar surface area (TPSA) is 52.0 Å². The summed E-state index contributed by atoms with van der Waals surface area (Å²) < 4.78 is 7.36. The molecule has 3 aromatic rings. The number of aromatic nitrogens is 3. The molecule has 3 rings (SSSR count). The number of pyridine rings is 1. The first-order valence-electron chi connectivity index (χ1n) is 7.94. The van der Waals surface area contributed by atoms with Gasteiger partial charge >= 0.3 is 0 Å². The maximum absolute atomic E-state index is 5.42. The van der Waals surface area contributed by atoms with Crippen molar-refractivity contribution in [1.29, 1.82) is 0 Å². The molecule has 0 radical (unpaired) electrons. The highest BCUT2D eigenvalue weighted by Gasteiger charge is 2.08. The molecule has 2 heterocycles. The lowest BCUT2D eigenvalue weighted by Crippen LogP contribution is -2.04. The van der Waals surface area contributed by atoms with Gasteiger partial charge < -0.3 is 10.1 Å². The monoisotopic (exact) mass is 322 g/mol. The van der Waals surface area contributed by atoms with Crippen LogP contribution in [0.25, 0.3) is 5.69 Å². The minimum atomic E-state index is 0.612. The molecule has 24 heavy (non-hydrogen) atoms. The Morgan fingerprint density at radius 1 is 1.08 bits per heavy atom. The van der Waals surface area contributed by atoms with Crippen LogP contribution < -0.4 is 10.1 Å². The molecule has 0 saturated heterocycles. The molecule has 2 aromatic heterocycles. The van der Waals surface area contributed by atoms with E-state index in [2.05, 4.69) is 46.6 Å². The van der Waals surface area contributed by atoms with Gasteiger partial charge in [-0.25, -0.2) is 4.68 Å². The van der Waals surface area contributed by atoms with Gasteiger partial charge in [0, 0.05) is 41.8 Å². The number of benzene rings is 1. The van der Waals surface area contributed by atoms with Crippen LogP contribution in [0.15, 0.2) is 42.6 Å². The van der Waals surface area contributed by atoms with Crippen LogP contribution in [0.5, 0.6) is 5.75 Å². The molecular formula is C19H22N4O. The summed E-state index contributed by atoms with van der Waals surface area (Å²) >= 11 is 0. The third kappa shape index (κ3) is 3.40. The summed E-state index contributed by atoms with van der Waals surface area (Å²) in [5, 5.41) is 7.99.